The SMILES string of the molecule is CNCCCc1nc(C2CCCCCC2)no1. The van der Waals surface area contributed by atoms with Gasteiger partial charge in [0.25, 0.3) is 0 Å². The van der Waals surface area contributed by atoms with E-state index in [9.17, 15) is 0 Å². The molecular formula is C13H23N3O. The van der Waals surface area contributed by atoms with Gasteiger partial charge in [-0.1, -0.05) is 30.8 Å². The molecule has 17 heavy (non-hydrogen) atoms. The van der Waals surface area contributed by atoms with E-state index in [2.05, 4.69) is 15.5 Å². The summed E-state index contributed by atoms with van der Waals surface area (Å²) in [7, 11) is 1.96. The van der Waals surface area contributed by atoms with Gasteiger partial charge in [-0.3, -0.25) is 0 Å². The van der Waals surface area contributed by atoms with Gasteiger partial charge >= 0.3 is 0 Å². The number of aryl methyl sites for hydroxylation is 1. The fourth-order valence-electron chi connectivity index (χ4n) is 2.49. The lowest BCUT2D eigenvalue weighted by Gasteiger charge is -2.07. The summed E-state index contributed by atoms with van der Waals surface area (Å²) < 4.78 is 5.32. The van der Waals surface area contributed by atoms with Crippen LogP contribution in [0.5, 0.6) is 0 Å². The third-order valence-electron chi connectivity index (χ3n) is 3.52. The minimum Gasteiger partial charge on any atom is -0.339 e. The predicted molar refractivity (Wildman–Crippen MR) is 67.0 cm³/mol. The van der Waals surface area contributed by atoms with E-state index in [-0.39, 0.29) is 0 Å². The highest BCUT2D eigenvalue weighted by Gasteiger charge is 2.19. The van der Waals surface area contributed by atoms with Crippen molar-refractivity contribution >= 4 is 0 Å². The first-order valence-corrected chi connectivity index (χ1v) is 6.87. The lowest BCUT2D eigenvalue weighted by atomic mass is 10.00. The summed E-state index contributed by atoms with van der Waals surface area (Å²) in [5.74, 6) is 2.30. The molecule has 4 nitrogen and oxygen atoms in total. The van der Waals surface area contributed by atoms with Gasteiger partial charge in [-0.15, -0.1) is 0 Å². The summed E-state index contributed by atoms with van der Waals surface area (Å²) in [5.41, 5.74) is 0. The van der Waals surface area contributed by atoms with Gasteiger partial charge in [-0.05, 0) is 32.9 Å². The molecule has 0 saturated heterocycles. The topological polar surface area (TPSA) is 51.0 Å². The zero-order valence-corrected chi connectivity index (χ0v) is 10.7. The molecule has 1 aromatic rings. The second-order valence-corrected chi connectivity index (χ2v) is 4.94. The molecule has 96 valence electrons. The van der Waals surface area contributed by atoms with E-state index in [0.717, 1.165) is 31.1 Å². The van der Waals surface area contributed by atoms with Gasteiger partial charge in [0.15, 0.2) is 5.82 Å². The van der Waals surface area contributed by atoms with Crippen LogP contribution in [0.4, 0.5) is 0 Å². The van der Waals surface area contributed by atoms with Crippen molar-refractivity contribution in [1.82, 2.24) is 15.5 Å². The van der Waals surface area contributed by atoms with E-state index in [1.54, 1.807) is 0 Å². The molecule has 0 aliphatic heterocycles. The van der Waals surface area contributed by atoms with Crippen LogP contribution in [0.25, 0.3) is 0 Å². The van der Waals surface area contributed by atoms with E-state index >= 15 is 0 Å². The smallest absolute Gasteiger partial charge is 0.226 e. The molecular weight excluding hydrogens is 214 g/mol. The maximum atomic E-state index is 5.32. The summed E-state index contributed by atoms with van der Waals surface area (Å²) in [6, 6.07) is 0. The highest BCUT2D eigenvalue weighted by atomic mass is 16.5. The van der Waals surface area contributed by atoms with Crippen molar-refractivity contribution in [3.63, 3.8) is 0 Å². The fourth-order valence-corrected chi connectivity index (χ4v) is 2.49. The second kappa shape index (κ2) is 6.74. The van der Waals surface area contributed by atoms with Crippen LogP contribution < -0.4 is 5.32 Å². The van der Waals surface area contributed by atoms with Crippen LogP contribution >= 0.6 is 0 Å². The van der Waals surface area contributed by atoms with Gasteiger partial charge in [0.05, 0.1) is 0 Å². The van der Waals surface area contributed by atoms with Crippen LogP contribution in [-0.4, -0.2) is 23.7 Å². The zero-order chi connectivity index (χ0) is 11.9. The minimum absolute atomic E-state index is 0.541. The van der Waals surface area contributed by atoms with Gasteiger partial charge in [0.2, 0.25) is 5.89 Å². The number of nitrogens with one attached hydrogen (secondary N) is 1. The summed E-state index contributed by atoms with van der Waals surface area (Å²) in [4.78, 5) is 4.54. The molecule has 0 spiro atoms. The Balaban J connectivity index is 1.87. The van der Waals surface area contributed by atoms with Gasteiger partial charge < -0.3 is 9.84 Å². The predicted octanol–water partition coefficient (Wildman–Crippen LogP) is 2.66. The van der Waals surface area contributed by atoms with Crippen LogP contribution in [0.2, 0.25) is 0 Å². The quantitative estimate of drug-likeness (QED) is 0.632. The third-order valence-corrected chi connectivity index (χ3v) is 3.52. The van der Waals surface area contributed by atoms with E-state index in [0.29, 0.717) is 5.92 Å². The minimum atomic E-state index is 0.541. The Bertz CT molecular complexity index is 316. The van der Waals surface area contributed by atoms with Crippen LogP contribution in [-0.2, 0) is 6.42 Å². The molecule has 1 aromatic heterocycles. The third kappa shape index (κ3) is 3.80. The van der Waals surface area contributed by atoms with Crippen molar-refractivity contribution in [2.24, 2.45) is 0 Å². The number of aromatic nitrogens is 2. The Morgan fingerprint density at radius 2 is 2.00 bits per heavy atom. The highest BCUT2D eigenvalue weighted by molar-refractivity contribution is 4.96. The molecule has 1 saturated carbocycles. The first kappa shape index (κ1) is 12.6. The van der Waals surface area contributed by atoms with Crippen molar-refractivity contribution in [2.45, 2.75) is 57.3 Å². The van der Waals surface area contributed by atoms with E-state index in [4.69, 9.17) is 4.52 Å². The Kier molecular flexibility index (Phi) is 4.98. The molecule has 0 unspecified atom stereocenters. The molecule has 0 bridgehead atoms. The van der Waals surface area contributed by atoms with E-state index in [1.807, 2.05) is 7.05 Å². The molecule has 1 N–H and O–H groups in total. The summed E-state index contributed by atoms with van der Waals surface area (Å²) in [5, 5.41) is 7.28. The lowest BCUT2D eigenvalue weighted by molar-refractivity contribution is 0.364. The number of hydrogen-bond donors (Lipinski definition) is 1. The molecule has 1 aliphatic carbocycles. The molecule has 0 radical (unpaired) electrons. The van der Waals surface area contributed by atoms with Crippen molar-refractivity contribution in [3.05, 3.63) is 11.7 Å². The Morgan fingerprint density at radius 1 is 1.24 bits per heavy atom. The van der Waals surface area contributed by atoms with Crippen LogP contribution in [0.1, 0.15) is 62.6 Å². The Hall–Kier alpha value is -0.900. The Labute approximate surface area is 103 Å². The molecule has 0 atom stereocenters. The first-order chi connectivity index (χ1) is 8.40. The lowest BCUT2D eigenvalue weighted by Crippen LogP contribution is -2.08. The molecule has 1 heterocycles. The van der Waals surface area contributed by atoms with Crippen LogP contribution in [0.15, 0.2) is 4.52 Å². The van der Waals surface area contributed by atoms with E-state index < -0.39 is 0 Å². The monoisotopic (exact) mass is 237 g/mol. The van der Waals surface area contributed by atoms with Crippen molar-refractivity contribution in [2.75, 3.05) is 13.6 Å². The van der Waals surface area contributed by atoms with Gasteiger partial charge in [-0.25, -0.2) is 0 Å². The van der Waals surface area contributed by atoms with Gasteiger partial charge in [-0.2, -0.15) is 4.98 Å². The zero-order valence-electron chi connectivity index (χ0n) is 10.7. The summed E-state index contributed by atoms with van der Waals surface area (Å²) >= 11 is 0. The number of hydrogen-bond acceptors (Lipinski definition) is 4. The Morgan fingerprint density at radius 3 is 2.71 bits per heavy atom. The second-order valence-electron chi connectivity index (χ2n) is 4.94. The molecule has 1 fully saturated rings. The van der Waals surface area contributed by atoms with Crippen LogP contribution in [0.3, 0.4) is 0 Å². The van der Waals surface area contributed by atoms with Crippen LogP contribution in [0, 0.1) is 0 Å². The first-order valence-electron chi connectivity index (χ1n) is 6.87. The van der Waals surface area contributed by atoms with Gasteiger partial charge in [0.1, 0.15) is 0 Å². The van der Waals surface area contributed by atoms with Gasteiger partial charge in [0, 0.05) is 12.3 Å². The van der Waals surface area contributed by atoms with E-state index in [1.165, 1.54) is 38.5 Å². The average Bonchev–Trinajstić information content (AvgIpc) is 2.64. The standard InChI is InChI=1S/C13H23N3O/c1-14-10-6-9-12-15-13(16-17-12)11-7-4-2-3-5-8-11/h11,14H,2-10H2,1H3. The number of nitrogens with zero attached hydrogens (tertiary/aromatic N) is 2. The summed E-state index contributed by atoms with van der Waals surface area (Å²) in [6.45, 7) is 1.00. The number of rotatable bonds is 5. The van der Waals surface area contributed by atoms with Crippen molar-refractivity contribution in [1.29, 1.82) is 0 Å². The highest BCUT2D eigenvalue weighted by Crippen LogP contribution is 2.29. The summed E-state index contributed by atoms with van der Waals surface area (Å²) in [6.07, 6.45) is 9.77. The molecule has 4 heteroatoms. The molecule has 1 aliphatic rings. The van der Waals surface area contributed by atoms with Crippen molar-refractivity contribution < 1.29 is 4.52 Å². The maximum Gasteiger partial charge on any atom is 0.226 e. The molecule has 2 rings (SSSR count). The van der Waals surface area contributed by atoms with Crippen molar-refractivity contribution in [3.8, 4) is 0 Å². The largest absolute Gasteiger partial charge is 0.339 e. The molecule has 0 amide bonds. The fraction of sp³-hybridized carbons (Fsp3) is 0.846. The molecule has 0 aromatic carbocycles. The average molecular weight is 237 g/mol. The maximum absolute atomic E-state index is 5.32. The normalized spacial score (nSPS) is 18.2.